The molecule has 0 heterocycles. The Kier molecular flexibility index (Phi) is 20.0. The fraction of sp³-hybridized carbons (Fsp3) is 0.941. The van der Waals surface area contributed by atoms with Gasteiger partial charge in [0.15, 0.2) is 6.10 Å². The molecule has 0 saturated carbocycles. The Hall–Kier alpha value is -0.200. The number of unbranched alkanes of at least 4 members (excludes halogenated alkanes) is 9. The molecule has 1 amide bonds. The predicted molar refractivity (Wildman–Crippen MR) is 90.5 cm³/mol. The zero-order chi connectivity index (χ0) is 16.1. The van der Waals surface area contributed by atoms with Gasteiger partial charge in [-0.1, -0.05) is 58.3 Å². The minimum Gasteiger partial charge on any atom is -1.00 e. The van der Waals surface area contributed by atoms with E-state index < -0.39 is 12.7 Å². The van der Waals surface area contributed by atoms with Crippen molar-refractivity contribution < 1.29 is 37.4 Å². The monoisotopic (exact) mass is 355 g/mol. The van der Waals surface area contributed by atoms with Crippen LogP contribution >= 0.6 is 0 Å². The van der Waals surface area contributed by atoms with Gasteiger partial charge in [0.25, 0.3) is 0 Å². The number of halogens is 1. The second-order valence-corrected chi connectivity index (χ2v) is 6.63. The number of aliphatic hydroxyl groups is 2. The van der Waals surface area contributed by atoms with Crippen LogP contribution in [-0.2, 0) is 4.79 Å². The van der Waals surface area contributed by atoms with Crippen LogP contribution < -0.4 is 12.4 Å². The number of rotatable bonds is 13. The van der Waals surface area contributed by atoms with Gasteiger partial charge >= 0.3 is 5.91 Å². The Bertz CT molecular complexity index is 275. The zero-order valence-corrected chi connectivity index (χ0v) is 15.9. The van der Waals surface area contributed by atoms with Gasteiger partial charge in [0.2, 0.25) is 0 Å². The lowest BCUT2D eigenvalue weighted by molar-refractivity contribution is -0.816. The Balaban J connectivity index is -0.00000200. The second-order valence-electron chi connectivity index (χ2n) is 6.63. The van der Waals surface area contributed by atoms with E-state index in [-0.39, 0.29) is 28.3 Å². The van der Waals surface area contributed by atoms with Crippen molar-refractivity contribution in [1.82, 2.24) is 0 Å². The molecular weight excluding hydrogens is 318 g/mol. The first-order valence-electron chi connectivity index (χ1n) is 8.62. The van der Waals surface area contributed by atoms with Crippen LogP contribution in [0.15, 0.2) is 0 Å². The molecule has 0 spiro atoms. The van der Waals surface area contributed by atoms with Crippen LogP contribution in [0.1, 0.15) is 71.1 Å². The number of carbonyl (C=O) groups excluding carboxylic acids is 1. The van der Waals surface area contributed by atoms with E-state index >= 15 is 0 Å². The van der Waals surface area contributed by atoms with E-state index in [9.17, 15) is 9.90 Å². The molecule has 0 bridgehead atoms. The fourth-order valence-electron chi connectivity index (χ4n) is 2.59. The molecule has 6 heteroatoms. The average Bonchev–Trinajstić information content (AvgIpc) is 2.47. The lowest BCUT2D eigenvalue weighted by atomic mass is 10.1. The molecule has 0 aliphatic rings. The quantitative estimate of drug-likeness (QED) is 0.329. The zero-order valence-electron chi connectivity index (χ0n) is 15.2. The van der Waals surface area contributed by atoms with Gasteiger partial charge in [0, 0.05) is 0 Å². The maximum absolute atomic E-state index is 11.8. The molecule has 0 aromatic heterocycles. The maximum Gasteiger partial charge on any atom is 0.344 e. The minimum atomic E-state index is -1.25. The second kappa shape index (κ2) is 16.7. The van der Waals surface area contributed by atoms with Crippen molar-refractivity contribution in [2.45, 2.75) is 77.2 Å². The van der Waals surface area contributed by atoms with E-state index in [1.54, 1.807) is 14.1 Å². The summed E-state index contributed by atoms with van der Waals surface area (Å²) < 4.78 is 0.152. The van der Waals surface area contributed by atoms with E-state index in [4.69, 9.17) is 5.11 Å². The first kappa shape index (κ1) is 27.6. The maximum atomic E-state index is 11.8. The third-order valence-electron chi connectivity index (χ3n) is 4.13. The molecule has 4 N–H and O–H groups in total. The summed E-state index contributed by atoms with van der Waals surface area (Å²) in [4.78, 5) is 11.8. The molecule has 0 aromatic carbocycles. The van der Waals surface area contributed by atoms with Crippen molar-refractivity contribution in [3.05, 3.63) is 0 Å². The van der Waals surface area contributed by atoms with Crippen LogP contribution in [0, 0.1) is 0 Å². The van der Waals surface area contributed by atoms with Crippen LogP contribution in [0.4, 0.5) is 0 Å². The Morgan fingerprint density at radius 2 is 1.30 bits per heavy atom. The molecule has 5 nitrogen and oxygen atoms in total. The molecule has 0 fully saturated rings. The highest BCUT2D eigenvalue weighted by Gasteiger charge is 2.31. The summed E-state index contributed by atoms with van der Waals surface area (Å²) in [6, 6.07) is 0. The summed E-state index contributed by atoms with van der Waals surface area (Å²) in [6.07, 6.45) is 11.5. The molecule has 0 aromatic rings. The van der Waals surface area contributed by atoms with E-state index in [1.807, 2.05) is 0 Å². The minimum absolute atomic E-state index is 0. The Labute approximate surface area is 148 Å². The van der Waals surface area contributed by atoms with Crippen LogP contribution in [0.25, 0.3) is 0 Å². The molecule has 142 valence electrons. The molecule has 1 unspecified atom stereocenters. The average molecular weight is 356 g/mol. The van der Waals surface area contributed by atoms with Gasteiger partial charge in [0.05, 0.1) is 27.2 Å². The van der Waals surface area contributed by atoms with Gasteiger partial charge in [-0.3, -0.25) is 4.48 Å². The lowest BCUT2D eigenvalue weighted by Crippen LogP contribution is -3.00. The van der Waals surface area contributed by atoms with Gasteiger partial charge in [0.1, 0.15) is 0 Å². The largest absolute Gasteiger partial charge is 1.00 e. The highest BCUT2D eigenvalue weighted by atomic mass is 35.5. The number of nitrogens with zero attached hydrogens (tertiary/aromatic N) is 1. The molecule has 0 radical (unpaired) electrons. The number of quaternary nitrogens is 1. The van der Waals surface area contributed by atoms with Gasteiger partial charge in [-0.05, 0) is 12.8 Å². The lowest BCUT2D eigenvalue weighted by Gasteiger charge is -2.28. The Morgan fingerprint density at radius 1 is 0.913 bits per heavy atom. The highest BCUT2D eigenvalue weighted by molar-refractivity contribution is 5.73. The van der Waals surface area contributed by atoms with E-state index in [2.05, 4.69) is 6.92 Å². The van der Waals surface area contributed by atoms with Crippen molar-refractivity contribution in [1.29, 1.82) is 0 Å². The molecule has 0 saturated heterocycles. The smallest absolute Gasteiger partial charge is 0.344 e. The third-order valence-corrected chi connectivity index (χ3v) is 4.13. The van der Waals surface area contributed by atoms with Crippen molar-refractivity contribution >= 4 is 5.91 Å². The van der Waals surface area contributed by atoms with Crippen molar-refractivity contribution in [2.24, 2.45) is 0 Å². The first-order chi connectivity index (χ1) is 9.95. The van der Waals surface area contributed by atoms with E-state index in [1.165, 1.54) is 51.4 Å². The highest BCUT2D eigenvalue weighted by Crippen LogP contribution is 2.12. The molecule has 0 rings (SSSR count). The van der Waals surface area contributed by atoms with Crippen LogP contribution in [0.5, 0.6) is 0 Å². The third kappa shape index (κ3) is 13.9. The molecule has 0 aliphatic heterocycles. The number of likely N-dealkylation sites (N-methyl/N-ethyl adjacent to an activating group) is 1. The summed E-state index contributed by atoms with van der Waals surface area (Å²) in [5.74, 6) is -0.298. The summed E-state index contributed by atoms with van der Waals surface area (Å²) >= 11 is 0. The van der Waals surface area contributed by atoms with E-state index in [0.29, 0.717) is 0 Å². The molecular formula is C17H38ClNO4. The first-order valence-corrected chi connectivity index (χ1v) is 8.62. The number of aliphatic hydroxyl groups excluding tert-OH is 2. The molecule has 0 aliphatic carbocycles. The van der Waals surface area contributed by atoms with Gasteiger partial charge in [-0.25, -0.2) is 4.79 Å². The van der Waals surface area contributed by atoms with E-state index in [0.717, 1.165) is 19.4 Å². The topological polar surface area (TPSA) is 89.0 Å². The SMILES string of the molecule is CCCCCCCCCCCC[N+](C)(C)C(=O)C(O)CO.O.[Cl-]. The summed E-state index contributed by atoms with van der Waals surface area (Å²) in [6.45, 7) is 2.48. The summed E-state index contributed by atoms with van der Waals surface area (Å²) in [5.41, 5.74) is 0. The summed E-state index contributed by atoms with van der Waals surface area (Å²) in [7, 11) is 3.60. The predicted octanol–water partition coefficient (Wildman–Crippen LogP) is -0.957. The van der Waals surface area contributed by atoms with Crippen LogP contribution in [0.3, 0.4) is 0 Å². The van der Waals surface area contributed by atoms with Crippen LogP contribution in [0.2, 0.25) is 0 Å². The van der Waals surface area contributed by atoms with Gasteiger partial charge in [-0.2, -0.15) is 0 Å². The number of hydrogen-bond donors (Lipinski definition) is 2. The van der Waals surface area contributed by atoms with Gasteiger partial charge < -0.3 is 28.1 Å². The van der Waals surface area contributed by atoms with Crippen molar-refractivity contribution in [2.75, 3.05) is 27.2 Å². The number of amides is 1. The molecule has 1 atom stereocenters. The van der Waals surface area contributed by atoms with Crippen LogP contribution in [-0.4, -0.2) is 59.4 Å². The number of carbonyl (C=O) groups is 1. The number of hydrogen-bond acceptors (Lipinski definition) is 3. The van der Waals surface area contributed by atoms with Gasteiger partial charge in [-0.15, -0.1) is 0 Å². The normalized spacial score (nSPS) is 12.2. The fourth-order valence-corrected chi connectivity index (χ4v) is 2.59. The molecule has 23 heavy (non-hydrogen) atoms. The van der Waals surface area contributed by atoms with Crippen molar-refractivity contribution in [3.63, 3.8) is 0 Å². The Morgan fingerprint density at radius 3 is 1.70 bits per heavy atom. The summed E-state index contributed by atoms with van der Waals surface area (Å²) in [5, 5.41) is 18.2. The standard InChI is InChI=1S/C17H36NO3.ClH.H2O/c1-4-5-6-7-8-9-10-11-12-13-14-18(2,3)17(21)16(20)15-19;;/h16,19-20H,4-15H2,1-3H3;1H;1H2/q+1;;/p-1. The van der Waals surface area contributed by atoms with Crippen molar-refractivity contribution in [3.8, 4) is 0 Å².